The van der Waals surface area contributed by atoms with E-state index in [1.165, 1.54) is 0 Å². The number of anilines is 1. The SMILES string of the molecule is C=CCOC(=O)N(C[C@H]([C@@H](C)CC)N(C)C(=O)[C@H](C)c1cncn1Cc1ccc(C#N)cc1)c1cccc2ccccc12. The summed E-state index contributed by atoms with van der Waals surface area (Å²) in [4.78, 5) is 35.3. The van der Waals surface area contributed by atoms with E-state index in [1.54, 1.807) is 40.5 Å². The number of hydrogen-bond donors (Lipinski definition) is 0. The summed E-state index contributed by atoms with van der Waals surface area (Å²) < 4.78 is 7.50. The molecule has 1 heterocycles. The van der Waals surface area contributed by atoms with E-state index in [1.807, 2.05) is 73.1 Å². The smallest absolute Gasteiger partial charge is 0.414 e. The molecule has 0 aliphatic heterocycles. The van der Waals surface area contributed by atoms with Crippen LogP contribution in [0.5, 0.6) is 0 Å². The minimum atomic E-state index is -0.487. The summed E-state index contributed by atoms with van der Waals surface area (Å²) in [6.45, 7) is 10.6. The van der Waals surface area contributed by atoms with Crippen LogP contribution >= 0.6 is 0 Å². The van der Waals surface area contributed by atoms with Crippen molar-refractivity contribution in [2.24, 2.45) is 5.92 Å². The number of amides is 2. The second kappa shape index (κ2) is 14.3. The lowest BCUT2D eigenvalue weighted by atomic mass is 9.95. The number of nitriles is 1. The molecule has 0 fully saturated rings. The van der Waals surface area contributed by atoms with Gasteiger partial charge in [-0.1, -0.05) is 81.5 Å². The number of nitrogens with zero attached hydrogens (tertiary/aromatic N) is 5. The third kappa shape index (κ3) is 7.12. The van der Waals surface area contributed by atoms with Crippen LogP contribution in [0.15, 0.2) is 91.9 Å². The van der Waals surface area contributed by atoms with Crippen LogP contribution in [0.3, 0.4) is 0 Å². The van der Waals surface area contributed by atoms with Crippen LogP contribution in [-0.2, 0) is 16.1 Å². The fraction of sp³-hybridized carbons (Fsp3) is 0.314. The molecule has 0 aliphatic carbocycles. The largest absolute Gasteiger partial charge is 0.445 e. The van der Waals surface area contributed by atoms with Gasteiger partial charge < -0.3 is 14.2 Å². The summed E-state index contributed by atoms with van der Waals surface area (Å²) in [5, 5.41) is 11.0. The number of likely N-dealkylation sites (N-methyl/N-ethyl adjacent to an activating group) is 1. The molecule has 4 rings (SSSR count). The summed E-state index contributed by atoms with van der Waals surface area (Å²) in [7, 11) is 1.81. The number of rotatable bonds is 12. The van der Waals surface area contributed by atoms with Gasteiger partial charge in [-0.25, -0.2) is 9.78 Å². The molecule has 3 atom stereocenters. The third-order valence-corrected chi connectivity index (χ3v) is 8.11. The van der Waals surface area contributed by atoms with Gasteiger partial charge in [-0.15, -0.1) is 0 Å². The van der Waals surface area contributed by atoms with Gasteiger partial charge in [-0.3, -0.25) is 9.69 Å². The van der Waals surface area contributed by atoms with Crippen LogP contribution in [0.25, 0.3) is 10.8 Å². The molecule has 0 saturated carbocycles. The Morgan fingerprint density at radius 1 is 1.09 bits per heavy atom. The Morgan fingerprint density at radius 3 is 2.51 bits per heavy atom. The van der Waals surface area contributed by atoms with Crippen molar-refractivity contribution in [3.8, 4) is 6.07 Å². The summed E-state index contributed by atoms with van der Waals surface area (Å²) in [5.41, 5.74) is 3.13. The normalized spacial score (nSPS) is 13.0. The molecule has 0 saturated heterocycles. The van der Waals surface area contributed by atoms with Gasteiger partial charge in [0.2, 0.25) is 5.91 Å². The number of hydrogen-bond acceptors (Lipinski definition) is 5. The monoisotopic (exact) mass is 577 g/mol. The van der Waals surface area contributed by atoms with Crippen molar-refractivity contribution < 1.29 is 14.3 Å². The van der Waals surface area contributed by atoms with Gasteiger partial charge in [0.05, 0.1) is 42.2 Å². The average molecular weight is 578 g/mol. The maximum atomic E-state index is 14.1. The molecule has 222 valence electrons. The molecular formula is C35H39N5O3. The fourth-order valence-corrected chi connectivity index (χ4v) is 5.37. The molecule has 0 N–H and O–H groups in total. The van der Waals surface area contributed by atoms with Crippen molar-refractivity contribution >= 4 is 28.5 Å². The Hall–Kier alpha value is -4.90. The molecule has 3 aromatic carbocycles. The Bertz CT molecular complexity index is 1600. The molecule has 4 aromatic rings. The second-order valence-electron chi connectivity index (χ2n) is 10.9. The maximum Gasteiger partial charge on any atom is 0.414 e. The zero-order chi connectivity index (χ0) is 30.9. The van der Waals surface area contributed by atoms with Crippen LogP contribution in [-0.4, -0.2) is 52.7 Å². The van der Waals surface area contributed by atoms with Gasteiger partial charge in [0.25, 0.3) is 0 Å². The first kappa shape index (κ1) is 31.0. The van der Waals surface area contributed by atoms with E-state index < -0.39 is 12.0 Å². The Labute approximate surface area is 253 Å². The maximum absolute atomic E-state index is 14.1. The second-order valence-corrected chi connectivity index (χ2v) is 10.9. The predicted molar refractivity (Wildman–Crippen MR) is 170 cm³/mol. The van der Waals surface area contributed by atoms with Crippen molar-refractivity contribution in [1.82, 2.24) is 14.5 Å². The number of carbonyl (C=O) groups excluding carboxylic acids is 2. The highest BCUT2D eigenvalue weighted by atomic mass is 16.6. The molecular weight excluding hydrogens is 538 g/mol. The number of ether oxygens (including phenoxy) is 1. The summed E-state index contributed by atoms with van der Waals surface area (Å²) in [5.74, 6) is -0.449. The Morgan fingerprint density at radius 2 is 1.81 bits per heavy atom. The van der Waals surface area contributed by atoms with E-state index in [4.69, 9.17) is 10.00 Å². The van der Waals surface area contributed by atoms with Gasteiger partial charge in [-0.05, 0) is 42.0 Å². The first-order chi connectivity index (χ1) is 20.8. The van der Waals surface area contributed by atoms with Crippen LogP contribution in [0.2, 0.25) is 0 Å². The van der Waals surface area contributed by atoms with E-state index in [2.05, 4.69) is 31.5 Å². The van der Waals surface area contributed by atoms with Crippen LogP contribution in [0.4, 0.5) is 10.5 Å². The van der Waals surface area contributed by atoms with E-state index >= 15 is 0 Å². The molecule has 43 heavy (non-hydrogen) atoms. The molecule has 0 bridgehead atoms. The Balaban J connectivity index is 1.62. The van der Waals surface area contributed by atoms with Gasteiger partial charge in [0.1, 0.15) is 6.61 Å². The zero-order valence-electron chi connectivity index (χ0n) is 25.3. The molecule has 0 unspecified atom stereocenters. The molecule has 0 radical (unpaired) electrons. The van der Waals surface area contributed by atoms with Crippen LogP contribution in [0.1, 0.15) is 49.9 Å². The fourth-order valence-electron chi connectivity index (χ4n) is 5.37. The lowest BCUT2D eigenvalue weighted by molar-refractivity contribution is -0.134. The first-order valence-corrected chi connectivity index (χ1v) is 14.6. The lowest BCUT2D eigenvalue weighted by Gasteiger charge is -2.37. The van der Waals surface area contributed by atoms with Gasteiger partial charge >= 0.3 is 6.09 Å². The number of imidazole rings is 1. The molecule has 2 amide bonds. The van der Waals surface area contributed by atoms with E-state index in [9.17, 15) is 9.59 Å². The van der Waals surface area contributed by atoms with Crippen molar-refractivity contribution in [3.05, 3.63) is 109 Å². The van der Waals surface area contributed by atoms with E-state index in [-0.39, 0.29) is 31.0 Å². The Kier molecular flexibility index (Phi) is 10.3. The number of benzene rings is 3. The molecule has 8 heteroatoms. The molecule has 1 aromatic heterocycles. The lowest BCUT2D eigenvalue weighted by Crippen LogP contribution is -2.51. The first-order valence-electron chi connectivity index (χ1n) is 14.6. The van der Waals surface area contributed by atoms with Crippen molar-refractivity contribution in [2.75, 3.05) is 25.1 Å². The molecule has 0 aliphatic rings. The van der Waals surface area contributed by atoms with Crippen LogP contribution < -0.4 is 4.90 Å². The quantitative estimate of drug-likeness (QED) is 0.174. The standard InChI is InChI=1S/C35H39N5O3/c1-6-19-43-35(42)40(31-14-10-12-29-11-8-9-13-30(29)31)23-33(25(3)7-2)38(5)34(41)26(4)32-21-37-24-39(32)22-28-17-15-27(20-36)16-18-28/h6,8-18,21,24-26,33H,1,7,19,22-23H2,2-5H3/t25-,26+,33+/m0/s1. The number of fused-ring (bicyclic) bond motifs is 1. The van der Waals surface area contributed by atoms with Crippen molar-refractivity contribution in [2.45, 2.75) is 45.7 Å². The highest BCUT2D eigenvalue weighted by molar-refractivity contribution is 6.01. The van der Waals surface area contributed by atoms with Gasteiger partial charge in [0.15, 0.2) is 0 Å². The van der Waals surface area contributed by atoms with E-state index in [0.717, 1.165) is 34.1 Å². The summed E-state index contributed by atoms with van der Waals surface area (Å²) in [6.07, 6.45) is 5.33. The predicted octanol–water partition coefficient (Wildman–Crippen LogP) is 6.76. The molecule has 8 nitrogen and oxygen atoms in total. The summed E-state index contributed by atoms with van der Waals surface area (Å²) in [6, 6.07) is 23.0. The average Bonchev–Trinajstić information content (AvgIpc) is 3.51. The van der Waals surface area contributed by atoms with Gasteiger partial charge in [0, 0.05) is 30.9 Å². The summed E-state index contributed by atoms with van der Waals surface area (Å²) >= 11 is 0. The van der Waals surface area contributed by atoms with Crippen LogP contribution in [0, 0.1) is 17.2 Å². The minimum absolute atomic E-state index is 0.0655. The highest BCUT2D eigenvalue weighted by Gasteiger charge is 2.33. The number of aromatic nitrogens is 2. The van der Waals surface area contributed by atoms with Crippen molar-refractivity contribution in [3.63, 3.8) is 0 Å². The van der Waals surface area contributed by atoms with Crippen molar-refractivity contribution in [1.29, 1.82) is 5.26 Å². The van der Waals surface area contributed by atoms with Gasteiger partial charge in [-0.2, -0.15) is 5.26 Å². The number of carbonyl (C=O) groups is 2. The third-order valence-electron chi connectivity index (χ3n) is 8.11. The minimum Gasteiger partial charge on any atom is -0.445 e. The molecule has 0 spiro atoms. The topological polar surface area (TPSA) is 91.5 Å². The zero-order valence-corrected chi connectivity index (χ0v) is 25.3. The van der Waals surface area contributed by atoms with E-state index in [0.29, 0.717) is 12.1 Å². The highest BCUT2D eigenvalue weighted by Crippen LogP contribution is 2.30.